The zero-order valence-corrected chi connectivity index (χ0v) is 7.47. The number of hydrogen-bond acceptors (Lipinski definition) is 2. The molecule has 0 unspecified atom stereocenters. The van der Waals surface area contributed by atoms with Gasteiger partial charge in [-0.2, -0.15) is 0 Å². The van der Waals surface area contributed by atoms with E-state index in [1.54, 1.807) is 0 Å². The van der Waals surface area contributed by atoms with Gasteiger partial charge in [0.2, 0.25) is 0 Å². The second-order valence-electron chi connectivity index (χ2n) is 3.98. The fraction of sp³-hybridized carbons (Fsp3) is 1.00. The van der Waals surface area contributed by atoms with E-state index in [-0.39, 0.29) is 5.60 Å². The Bertz CT molecular complexity index is 119. The molecule has 0 radical (unpaired) electrons. The molecule has 11 heavy (non-hydrogen) atoms. The summed E-state index contributed by atoms with van der Waals surface area (Å²) in [5.74, 6) is 0.670. The third-order valence-corrected chi connectivity index (χ3v) is 2.34. The quantitative estimate of drug-likeness (QED) is 0.661. The minimum absolute atomic E-state index is 0.0398. The van der Waals surface area contributed by atoms with Crippen LogP contribution in [0.15, 0.2) is 0 Å². The predicted molar refractivity (Wildman–Crippen MR) is 44.5 cm³/mol. The summed E-state index contributed by atoms with van der Waals surface area (Å²) in [5.41, 5.74) is 0.0398. The van der Waals surface area contributed by atoms with Gasteiger partial charge in [0.05, 0.1) is 5.60 Å². The smallest absolute Gasteiger partial charge is 0.0629 e. The molecule has 0 bridgehead atoms. The highest BCUT2D eigenvalue weighted by Gasteiger charge is 2.27. The van der Waals surface area contributed by atoms with Crippen molar-refractivity contribution in [2.75, 3.05) is 13.2 Å². The summed E-state index contributed by atoms with van der Waals surface area (Å²) in [6.07, 6.45) is 3.14. The molecule has 1 rings (SSSR count). The van der Waals surface area contributed by atoms with Crippen molar-refractivity contribution in [2.45, 2.75) is 38.7 Å². The predicted octanol–water partition coefficient (Wildman–Crippen LogP) is 1.57. The van der Waals surface area contributed by atoms with E-state index in [9.17, 15) is 0 Å². The van der Waals surface area contributed by atoms with Gasteiger partial charge in [0.1, 0.15) is 0 Å². The minimum atomic E-state index is 0.0398. The molecule has 0 aromatic carbocycles. The molecule has 2 heteroatoms. The van der Waals surface area contributed by atoms with Crippen LogP contribution in [0.5, 0.6) is 0 Å². The van der Waals surface area contributed by atoms with Gasteiger partial charge >= 0.3 is 0 Å². The van der Waals surface area contributed by atoms with Crippen molar-refractivity contribution < 1.29 is 9.84 Å². The van der Waals surface area contributed by atoms with E-state index < -0.39 is 0 Å². The van der Waals surface area contributed by atoms with Crippen molar-refractivity contribution in [3.63, 3.8) is 0 Å². The van der Waals surface area contributed by atoms with Gasteiger partial charge in [0, 0.05) is 13.2 Å². The molecule has 0 aliphatic carbocycles. The molecule has 66 valence electrons. The standard InChI is InChI=1S/C9H18O2/c1-9(2)7-8(3-5-10)4-6-11-9/h8,10H,3-7H2,1-2H3/t8-/m0/s1. The van der Waals surface area contributed by atoms with Crippen LogP contribution in [0.25, 0.3) is 0 Å². The molecule has 1 fully saturated rings. The van der Waals surface area contributed by atoms with E-state index in [4.69, 9.17) is 9.84 Å². The average molecular weight is 158 g/mol. The Balaban J connectivity index is 2.34. The van der Waals surface area contributed by atoms with Crippen LogP contribution in [0.1, 0.15) is 33.1 Å². The van der Waals surface area contributed by atoms with Crippen LogP contribution in [0.2, 0.25) is 0 Å². The van der Waals surface area contributed by atoms with E-state index in [1.807, 2.05) is 0 Å². The monoisotopic (exact) mass is 158 g/mol. The van der Waals surface area contributed by atoms with Crippen LogP contribution < -0.4 is 0 Å². The molecular weight excluding hydrogens is 140 g/mol. The molecular formula is C9H18O2. The van der Waals surface area contributed by atoms with Crippen LogP contribution in [-0.4, -0.2) is 23.9 Å². The second kappa shape index (κ2) is 3.55. The summed E-state index contributed by atoms with van der Waals surface area (Å²) in [5, 5.41) is 8.75. The highest BCUT2D eigenvalue weighted by atomic mass is 16.5. The van der Waals surface area contributed by atoms with Crippen molar-refractivity contribution in [3.05, 3.63) is 0 Å². The Morgan fingerprint density at radius 2 is 2.27 bits per heavy atom. The van der Waals surface area contributed by atoms with E-state index in [1.165, 1.54) is 0 Å². The fourth-order valence-electron chi connectivity index (χ4n) is 1.79. The van der Waals surface area contributed by atoms with Crippen LogP contribution in [0, 0.1) is 5.92 Å². The summed E-state index contributed by atoms with van der Waals surface area (Å²) in [6.45, 7) is 5.42. The summed E-state index contributed by atoms with van der Waals surface area (Å²) in [7, 11) is 0. The van der Waals surface area contributed by atoms with E-state index in [0.717, 1.165) is 25.9 Å². The Hall–Kier alpha value is -0.0800. The largest absolute Gasteiger partial charge is 0.396 e. The molecule has 0 amide bonds. The van der Waals surface area contributed by atoms with E-state index >= 15 is 0 Å². The van der Waals surface area contributed by atoms with E-state index in [2.05, 4.69) is 13.8 Å². The van der Waals surface area contributed by atoms with Crippen LogP contribution in [0.4, 0.5) is 0 Å². The number of aliphatic hydroxyl groups is 1. The molecule has 0 spiro atoms. The van der Waals surface area contributed by atoms with Crippen LogP contribution in [0.3, 0.4) is 0 Å². The molecule has 0 aromatic rings. The lowest BCUT2D eigenvalue weighted by Gasteiger charge is -2.35. The fourth-order valence-corrected chi connectivity index (χ4v) is 1.79. The summed E-state index contributed by atoms with van der Waals surface area (Å²) >= 11 is 0. The second-order valence-corrected chi connectivity index (χ2v) is 3.98. The van der Waals surface area contributed by atoms with Crippen LogP contribution >= 0.6 is 0 Å². The molecule has 0 saturated carbocycles. The van der Waals surface area contributed by atoms with Gasteiger partial charge in [-0.05, 0) is 39.0 Å². The Kier molecular flexibility index (Phi) is 2.90. The topological polar surface area (TPSA) is 29.5 Å². The molecule has 2 nitrogen and oxygen atoms in total. The maximum absolute atomic E-state index is 8.75. The van der Waals surface area contributed by atoms with Crippen LogP contribution in [-0.2, 0) is 4.74 Å². The number of aliphatic hydroxyl groups excluding tert-OH is 1. The first-order valence-electron chi connectivity index (χ1n) is 4.39. The zero-order valence-electron chi connectivity index (χ0n) is 7.47. The SMILES string of the molecule is CC1(C)C[C@@H](CCO)CCO1. The van der Waals surface area contributed by atoms with Gasteiger partial charge in [0.15, 0.2) is 0 Å². The normalized spacial score (nSPS) is 30.3. The van der Waals surface area contributed by atoms with Crippen molar-refractivity contribution in [3.8, 4) is 0 Å². The Morgan fingerprint density at radius 1 is 1.55 bits per heavy atom. The third kappa shape index (κ3) is 2.80. The molecule has 0 aromatic heterocycles. The zero-order chi connectivity index (χ0) is 8.32. The molecule has 1 heterocycles. The Morgan fingerprint density at radius 3 is 2.82 bits per heavy atom. The highest BCUT2D eigenvalue weighted by Crippen LogP contribution is 2.29. The van der Waals surface area contributed by atoms with Gasteiger partial charge < -0.3 is 9.84 Å². The summed E-state index contributed by atoms with van der Waals surface area (Å²) in [6, 6.07) is 0. The molecule has 1 aliphatic rings. The maximum Gasteiger partial charge on any atom is 0.0629 e. The third-order valence-electron chi connectivity index (χ3n) is 2.34. The van der Waals surface area contributed by atoms with Crippen molar-refractivity contribution in [1.29, 1.82) is 0 Å². The number of ether oxygens (including phenoxy) is 1. The molecule has 1 saturated heterocycles. The van der Waals surface area contributed by atoms with Crippen molar-refractivity contribution in [2.24, 2.45) is 5.92 Å². The lowest BCUT2D eigenvalue weighted by Crippen LogP contribution is -2.34. The lowest BCUT2D eigenvalue weighted by atomic mass is 9.86. The van der Waals surface area contributed by atoms with E-state index in [0.29, 0.717) is 12.5 Å². The van der Waals surface area contributed by atoms with Gasteiger partial charge in [-0.15, -0.1) is 0 Å². The van der Waals surface area contributed by atoms with Crippen molar-refractivity contribution in [1.82, 2.24) is 0 Å². The lowest BCUT2D eigenvalue weighted by molar-refractivity contribution is -0.0752. The highest BCUT2D eigenvalue weighted by molar-refractivity contribution is 4.78. The summed E-state index contributed by atoms with van der Waals surface area (Å²) in [4.78, 5) is 0. The summed E-state index contributed by atoms with van der Waals surface area (Å²) < 4.78 is 5.56. The maximum atomic E-state index is 8.75. The number of hydrogen-bond donors (Lipinski definition) is 1. The molecule has 1 aliphatic heterocycles. The number of rotatable bonds is 2. The molecule has 1 atom stereocenters. The molecule has 1 N–H and O–H groups in total. The van der Waals surface area contributed by atoms with Gasteiger partial charge in [-0.25, -0.2) is 0 Å². The first-order chi connectivity index (χ1) is 5.14. The van der Waals surface area contributed by atoms with Gasteiger partial charge in [-0.3, -0.25) is 0 Å². The van der Waals surface area contributed by atoms with Crippen molar-refractivity contribution >= 4 is 0 Å². The average Bonchev–Trinajstić information content (AvgIpc) is 1.85. The van der Waals surface area contributed by atoms with Gasteiger partial charge in [0.25, 0.3) is 0 Å². The first kappa shape index (κ1) is 9.01. The minimum Gasteiger partial charge on any atom is -0.396 e. The first-order valence-corrected chi connectivity index (χ1v) is 4.39. The Labute approximate surface area is 68.6 Å². The van der Waals surface area contributed by atoms with Gasteiger partial charge in [-0.1, -0.05) is 0 Å².